The molecule has 86 valence electrons. The van der Waals surface area contributed by atoms with E-state index in [0.29, 0.717) is 5.92 Å². The van der Waals surface area contributed by atoms with Gasteiger partial charge in [0.05, 0.1) is 0 Å². The molecule has 1 rings (SSSR count). The highest BCUT2D eigenvalue weighted by atomic mass is 32.1. The minimum Gasteiger partial charge on any atom is -0.316 e. The van der Waals surface area contributed by atoms with E-state index in [9.17, 15) is 4.79 Å². The maximum atomic E-state index is 11.3. The van der Waals surface area contributed by atoms with Gasteiger partial charge in [-0.3, -0.25) is 9.69 Å². The van der Waals surface area contributed by atoms with Crippen LogP contribution in [-0.4, -0.2) is 23.0 Å². The van der Waals surface area contributed by atoms with Gasteiger partial charge in [0, 0.05) is 17.1 Å². The molecule has 1 N–H and O–H groups in total. The zero-order valence-corrected chi connectivity index (χ0v) is 10.8. The SMILES string of the molecule is CCN(CC)Cc1sc(=O)[nH]c1C(C)C. The van der Waals surface area contributed by atoms with Crippen molar-refractivity contribution in [1.29, 1.82) is 0 Å². The number of hydrogen-bond acceptors (Lipinski definition) is 3. The Morgan fingerprint density at radius 1 is 1.33 bits per heavy atom. The van der Waals surface area contributed by atoms with Crippen LogP contribution >= 0.6 is 11.3 Å². The number of aromatic nitrogens is 1. The van der Waals surface area contributed by atoms with Crippen LogP contribution in [0.2, 0.25) is 0 Å². The maximum Gasteiger partial charge on any atom is 0.304 e. The summed E-state index contributed by atoms with van der Waals surface area (Å²) in [5, 5.41) is 0. The summed E-state index contributed by atoms with van der Waals surface area (Å²) in [4.78, 5) is 17.8. The first-order chi connectivity index (χ1) is 7.08. The lowest BCUT2D eigenvalue weighted by molar-refractivity contribution is 0.297. The Kier molecular flexibility index (Phi) is 4.54. The van der Waals surface area contributed by atoms with Gasteiger partial charge < -0.3 is 4.98 Å². The highest BCUT2D eigenvalue weighted by molar-refractivity contribution is 7.09. The first kappa shape index (κ1) is 12.5. The summed E-state index contributed by atoms with van der Waals surface area (Å²) in [5.74, 6) is 0.398. The molecule has 0 saturated carbocycles. The van der Waals surface area contributed by atoms with Crippen molar-refractivity contribution in [2.24, 2.45) is 0 Å². The zero-order valence-electron chi connectivity index (χ0n) is 9.96. The summed E-state index contributed by atoms with van der Waals surface area (Å²) in [6, 6.07) is 0. The first-order valence-electron chi connectivity index (χ1n) is 5.52. The fourth-order valence-corrected chi connectivity index (χ4v) is 2.63. The third-order valence-corrected chi connectivity index (χ3v) is 3.47. The van der Waals surface area contributed by atoms with Crippen molar-refractivity contribution in [3.8, 4) is 0 Å². The molecule has 0 fully saturated rings. The Morgan fingerprint density at radius 3 is 2.40 bits per heavy atom. The molecule has 0 aromatic carbocycles. The van der Waals surface area contributed by atoms with Crippen LogP contribution in [0.4, 0.5) is 0 Å². The van der Waals surface area contributed by atoms with E-state index in [1.807, 2.05) is 0 Å². The molecular formula is C11H20N2OS. The molecule has 1 aromatic heterocycles. The van der Waals surface area contributed by atoms with E-state index in [2.05, 4.69) is 37.6 Å². The lowest BCUT2D eigenvalue weighted by Crippen LogP contribution is -2.22. The van der Waals surface area contributed by atoms with Crippen molar-refractivity contribution in [2.75, 3.05) is 13.1 Å². The smallest absolute Gasteiger partial charge is 0.304 e. The van der Waals surface area contributed by atoms with E-state index in [4.69, 9.17) is 0 Å². The first-order valence-corrected chi connectivity index (χ1v) is 6.34. The molecule has 1 aromatic rings. The molecule has 0 aliphatic rings. The molecule has 1 heterocycles. The molecule has 4 heteroatoms. The average molecular weight is 228 g/mol. The molecule has 0 aliphatic carbocycles. The van der Waals surface area contributed by atoms with Crippen LogP contribution in [0.3, 0.4) is 0 Å². The minimum atomic E-state index is 0.0702. The summed E-state index contributed by atoms with van der Waals surface area (Å²) in [6.45, 7) is 11.5. The van der Waals surface area contributed by atoms with Gasteiger partial charge in [-0.1, -0.05) is 39.0 Å². The summed E-state index contributed by atoms with van der Waals surface area (Å²) >= 11 is 1.35. The summed E-state index contributed by atoms with van der Waals surface area (Å²) in [5.41, 5.74) is 1.11. The van der Waals surface area contributed by atoms with Crippen molar-refractivity contribution < 1.29 is 0 Å². The van der Waals surface area contributed by atoms with E-state index >= 15 is 0 Å². The quantitative estimate of drug-likeness (QED) is 0.840. The van der Waals surface area contributed by atoms with Gasteiger partial charge in [0.25, 0.3) is 0 Å². The lowest BCUT2D eigenvalue weighted by atomic mass is 10.1. The van der Waals surface area contributed by atoms with Crippen LogP contribution < -0.4 is 4.87 Å². The summed E-state index contributed by atoms with van der Waals surface area (Å²) in [6.07, 6.45) is 0. The molecular weight excluding hydrogens is 208 g/mol. The summed E-state index contributed by atoms with van der Waals surface area (Å²) < 4.78 is 0. The van der Waals surface area contributed by atoms with E-state index < -0.39 is 0 Å². The Bertz CT molecular complexity index is 350. The number of thiazole rings is 1. The van der Waals surface area contributed by atoms with Crippen molar-refractivity contribution in [3.63, 3.8) is 0 Å². The second-order valence-electron chi connectivity index (χ2n) is 3.97. The largest absolute Gasteiger partial charge is 0.316 e. The third kappa shape index (κ3) is 3.18. The molecule has 0 aliphatic heterocycles. The molecule has 0 atom stereocenters. The average Bonchev–Trinajstić information content (AvgIpc) is 2.56. The van der Waals surface area contributed by atoms with Gasteiger partial charge in [-0.25, -0.2) is 0 Å². The Morgan fingerprint density at radius 2 is 1.93 bits per heavy atom. The highest BCUT2D eigenvalue weighted by Crippen LogP contribution is 2.20. The minimum absolute atomic E-state index is 0.0702. The van der Waals surface area contributed by atoms with Gasteiger partial charge >= 0.3 is 4.87 Å². The van der Waals surface area contributed by atoms with E-state index in [-0.39, 0.29) is 4.87 Å². The van der Waals surface area contributed by atoms with Gasteiger partial charge in [0.1, 0.15) is 0 Å². The van der Waals surface area contributed by atoms with Crippen LogP contribution in [0, 0.1) is 0 Å². The van der Waals surface area contributed by atoms with Crippen LogP contribution in [0.15, 0.2) is 4.79 Å². The second-order valence-corrected chi connectivity index (χ2v) is 5.04. The predicted octanol–water partition coefficient (Wildman–Crippen LogP) is 2.40. The normalized spacial score (nSPS) is 11.6. The van der Waals surface area contributed by atoms with Gasteiger partial charge in [-0.05, 0) is 19.0 Å². The summed E-state index contributed by atoms with van der Waals surface area (Å²) in [7, 11) is 0. The van der Waals surface area contributed by atoms with Gasteiger partial charge in [0.2, 0.25) is 0 Å². The molecule has 15 heavy (non-hydrogen) atoms. The van der Waals surface area contributed by atoms with Crippen molar-refractivity contribution in [2.45, 2.75) is 40.2 Å². The van der Waals surface area contributed by atoms with Gasteiger partial charge in [-0.2, -0.15) is 0 Å². The molecule has 0 unspecified atom stereocenters. The zero-order chi connectivity index (χ0) is 11.4. The number of nitrogens with zero attached hydrogens (tertiary/aromatic N) is 1. The molecule has 0 saturated heterocycles. The lowest BCUT2D eigenvalue weighted by Gasteiger charge is -2.18. The van der Waals surface area contributed by atoms with Crippen molar-refractivity contribution in [3.05, 3.63) is 20.2 Å². The Labute approximate surface area is 95.1 Å². The molecule has 0 bridgehead atoms. The maximum absolute atomic E-state index is 11.3. The van der Waals surface area contributed by atoms with Crippen LogP contribution in [0.25, 0.3) is 0 Å². The number of H-pyrrole nitrogens is 1. The number of nitrogens with one attached hydrogen (secondary N) is 1. The number of rotatable bonds is 5. The van der Waals surface area contributed by atoms with Crippen LogP contribution in [0.5, 0.6) is 0 Å². The van der Waals surface area contributed by atoms with Crippen molar-refractivity contribution in [1.82, 2.24) is 9.88 Å². The Balaban J connectivity index is 2.88. The molecule has 3 nitrogen and oxygen atoms in total. The van der Waals surface area contributed by atoms with E-state index in [1.54, 1.807) is 0 Å². The molecule has 0 radical (unpaired) electrons. The number of aromatic amines is 1. The van der Waals surface area contributed by atoms with Gasteiger partial charge in [0.15, 0.2) is 0 Å². The van der Waals surface area contributed by atoms with Gasteiger partial charge in [-0.15, -0.1) is 0 Å². The standard InChI is InChI=1S/C11H20N2OS/c1-5-13(6-2)7-9-10(8(3)4)12-11(14)15-9/h8H,5-7H2,1-4H3,(H,12,14). The fraction of sp³-hybridized carbons (Fsp3) is 0.727. The highest BCUT2D eigenvalue weighted by Gasteiger charge is 2.13. The van der Waals surface area contributed by atoms with E-state index in [0.717, 1.165) is 25.3 Å². The third-order valence-electron chi connectivity index (χ3n) is 2.59. The molecule has 0 amide bonds. The Hall–Kier alpha value is -0.610. The predicted molar refractivity (Wildman–Crippen MR) is 65.7 cm³/mol. The fourth-order valence-electron chi connectivity index (χ4n) is 1.61. The van der Waals surface area contributed by atoms with Crippen molar-refractivity contribution >= 4 is 11.3 Å². The van der Waals surface area contributed by atoms with Crippen LogP contribution in [0.1, 0.15) is 44.2 Å². The van der Waals surface area contributed by atoms with E-state index in [1.165, 1.54) is 16.2 Å². The second kappa shape index (κ2) is 5.47. The van der Waals surface area contributed by atoms with Crippen LogP contribution in [-0.2, 0) is 6.54 Å². The molecule has 0 spiro atoms. The topological polar surface area (TPSA) is 36.1 Å². The number of hydrogen-bond donors (Lipinski definition) is 1. The monoisotopic (exact) mass is 228 g/mol.